The Balaban J connectivity index is 2.07. The van der Waals surface area contributed by atoms with E-state index in [4.69, 9.17) is 0 Å². The van der Waals surface area contributed by atoms with Crippen LogP contribution >= 0.6 is 39.0 Å². The van der Waals surface area contributed by atoms with Gasteiger partial charge in [0.25, 0.3) is 0 Å². The van der Waals surface area contributed by atoms with E-state index in [1.807, 2.05) is 23.7 Å². The van der Waals surface area contributed by atoms with Crippen molar-refractivity contribution in [1.82, 2.24) is 4.98 Å². The van der Waals surface area contributed by atoms with Crippen LogP contribution in [0.5, 0.6) is 0 Å². The minimum atomic E-state index is 1.04. The molecule has 0 fully saturated rings. The summed E-state index contributed by atoms with van der Waals surface area (Å²) in [6.45, 7) is 0. The molecule has 1 aromatic heterocycles. The quantitative estimate of drug-likeness (QED) is 0.389. The molecule has 0 atom stereocenters. The van der Waals surface area contributed by atoms with Gasteiger partial charge in [-0.15, -0.1) is 23.1 Å². The van der Waals surface area contributed by atoms with Gasteiger partial charge in [0.15, 0.2) is 0 Å². The van der Waals surface area contributed by atoms with E-state index >= 15 is 0 Å². The van der Waals surface area contributed by atoms with E-state index in [9.17, 15) is 0 Å². The highest BCUT2D eigenvalue weighted by Gasteiger charge is 2.08. The van der Waals surface area contributed by atoms with Crippen LogP contribution in [-0.4, -0.2) is 11.2 Å². The van der Waals surface area contributed by atoms with Crippen molar-refractivity contribution in [3.05, 3.63) is 80.7 Å². The predicted molar refractivity (Wildman–Crippen MR) is 101 cm³/mol. The fraction of sp³-hybridized carbons (Fsp3) is 0.0556. The second kappa shape index (κ2) is 7.27. The van der Waals surface area contributed by atoms with Crippen LogP contribution in [0.4, 0.5) is 0 Å². The highest BCUT2D eigenvalue weighted by molar-refractivity contribution is 9.10. The van der Waals surface area contributed by atoms with Gasteiger partial charge in [-0.05, 0) is 47.7 Å². The molecule has 3 aromatic rings. The lowest BCUT2D eigenvalue weighted by molar-refractivity contribution is 1.36. The van der Waals surface area contributed by atoms with Crippen molar-refractivity contribution in [3.63, 3.8) is 0 Å². The van der Waals surface area contributed by atoms with E-state index in [2.05, 4.69) is 69.6 Å². The number of halogens is 1. The van der Waals surface area contributed by atoms with Crippen molar-refractivity contribution in [2.45, 2.75) is 4.90 Å². The Hall–Kier alpha value is -1.36. The third kappa shape index (κ3) is 3.69. The van der Waals surface area contributed by atoms with E-state index in [1.54, 1.807) is 23.1 Å². The van der Waals surface area contributed by atoms with E-state index in [0.717, 1.165) is 20.6 Å². The summed E-state index contributed by atoms with van der Waals surface area (Å²) in [5, 5.41) is 3.05. The van der Waals surface area contributed by atoms with Gasteiger partial charge in [0, 0.05) is 26.5 Å². The number of nitrogens with zero attached hydrogens (tertiary/aromatic N) is 1. The van der Waals surface area contributed by atoms with Crippen LogP contribution in [-0.2, 0) is 0 Å². The van der Waals surface area contributed by atoms with Crippen LogP contribution in [0, 0.1) is 0 Å². The van der Waals surface area contributed by atoms with Crippen molar-refractivity contribution in [1.29, 1.82) is 0 Å². The zero-order valence-electron chi connectivity index (χ0n) is 12.0. The Labute approximate surface area is 147 Å². The number of thioether (sulfide) groups is 1. The molecule has 2 aromatic carbocycles. The van der Waals surface area contributed by atoms with E-state index < -0.39 is 0 Å². The summed E-state index contributed by atoms with van der Waals surface area (Å²) in [5.74, 6) is 0. The first-order chi connectivity index (χ1) is 10.8. The number of hydrogen-bond donors (Lipinski definition) is 0. The lowest BCUT2D eigenvalue weighted by Crippen LogP contribution is -1.88. The van der Waals surface area contributed by atoms with E-state index in [1.165, 1.54) is 10.5 Å². The van der Waals surface area contributed by atoms with Gasteiger partial charge in [-0.2, -0.15) is 0 Å². The van der Waals surface area contributed by atoms with Gasteiger partial charge in [-0.1, -0.05) is 40.2 Å². The molecule has 0 aliphatic rings. The van der Waals surface area contributed by atoms with Crippen molar-refractivity contribution < 1.29 is 0 Å². The molecule has 0 amide bonds. The molecule has 0 bridgehead atoms. The maximum atomic E-state index is 4.49. The molecule has 4 heteroatoms. The molecule has 0 aliphatic carbocycles. The summed E-state index contributed by atoms with van der Waals surface area (Å²) in [4.78, 5) is 5.76. The topological polar surface area (TPSA) is 12.9 Å². The molecule has 0 N–H and O–H groups in total. The minimum absolute atomic E-state index is 1.04. The normalized spacial score (nSPS) is 11.6. The summed E-state index contributed by atoms with van der Waals surface area (Å²) in [6, 6.07) is 16.9. The van der Waals surface area contributed by atoms with Crippen LogP contribution in [0.2, 0.25) is 0 Å². The van der Waals surface area contributed by atoms with Gasteiger partial charge >= 0.3 is 0 Å². The van der Waals surface area contributed by atoms with Gasteiger partial charge in [0.05, 0.1) is 0 Å². The second-order valence-corrected chi connectivity index (χ2v) is 7.37. The third-order valence-corrected chi connectivity index (χ3v) is 5.27. The van der Waals surface area contributed by atoms with Crippen LogP contribution < -0.4 is 0 Å². The molecular weight excluding hydrogens is 374 g/mol. The van der Waals surface area contributed by atoms with Crippen LogP contribution in [0.3, 0.4) is 0 Å². The molecular formula is C18H14BrNS2. The number of thiazole rings is 1. The van der Waals surface area contributed by atoms with Crippen LogP contribution in [0.15, 0.2) is 69.5 Å². The maximum Gasteiger partial charge on any atom is 0.123 e. The Morgan fingerprint density at radius 1 is 1.18 bits per heavy atom. The minimum Gasteiger partial charge on any atom is -0.245 e. The lowest BCUT2D eigenvalue weighted by atomic mass is 10.0. The van der Waals surface area contributed by atoms with E-state index in [0.29, 0.717) is 0 Å². The summed E-state index contributed by atoms with van der Waals surface area (Å²) in [5.41, 5.74) is 3.50. The molecule has 0 saturated heterocycles. The molecule has 1 heterocycles. The third-order valence-electron chi connectivity index (χ3n) is 3.22. The molecule has 3 rings (SSSR count). The number of benzene rings is 2. The molecule has 0 aliphatic heterocycles. The SMILES string of the molecule is CSc1ccc(/C(=C/c2cccc(Br)c2)c2nccs2)cc1. The first-order valence-corrected chi connectivity index (χ1v) is 9.67. The average Bonchev–Trinajstić information content (AvgIpc) is 3.07. The average molecular weight is 388 g/mol. The highest BCUT2D eigenvalue weighted by atomic mass is 79.9. The Morgan fingerprint density at radius 2 is 2.00 bits per heavy atom. The van der Waals surface area contributed by atoms with Gasteiger partial charge < -0.3 is 0 Å². The largest absolute Gasteiger partial charge is 0.245 e. The molecule has 110 valence electrons. The Morgan fingerprint density at radius 3 is 2.64 bits per heavy atom. The fourth-order valence-electron chi connectivity index (χ4n) is 2.16. The zero-order chi connectivity index (χ0) is 15.4. The fourth-order valence-corrected chi connectivity index (χ4v) is 3.66. The lowest BCUT2D eigenvalue weighted by Gasteiger charge is -2.07. The molecule has 1 nitrogen and oxygen atoms in total. The molecule has 0 unspecified atom stereocenters. The standard InChI is InChI=1S/C18H14BrNS2/c1-21-16-7-5-14(6-8-16)17(18-20-9-10-22-18)12-13-3-2-4-15(19)11-13/h2-12H,1H3/b17-12-. The van der Waals surface area contributed by atoms with Gasteiger partial charge in [-0.25, -0.2) is 4.98 Å². The van der Waals surface area contributed by atoms with Gasteiger partial charge in [0.1, 0.15) is 5.01 Å². The molecule has 0 saturated carbocycles. The maximum absolute atomic E-state index is 4.49. The summed E-state index contributed by atoms with van der Waals surface area (Å²) < 4.78 is 1.08. The number of rotatable bonds is 4. The van der Waals surface area contributed by atoms with Crippen LogP contribution in [0.25, 0.3) is 11.6 Å². The van der Waals surface area contributed by atoms with Crippen molar-refractivity contribution >= 4 is 50.7 Å². The molecule has 0 spiro atoms. The van der Waals surface area contributed by atoms with Crippen molar-refractivity contribution in [3.8, 4) is 0 Å². The summed E-state index contributed by atoms with van der Waals surface area (Å²) in [6.07, 6.45) is 6.14. The van der Waals surface area contributed by atoms with Gasteiger partial charge in [-0.3, -0.25) is 0 Å². The van der Waals surface area contributed by atoms with E-state index in [-0.39, 0.29) is 0 Å². The Bertz CT molecular complexity index is 777. The molecule has 0 radical (unpaired) electrons. The second-order valence-electron chi connectivity index (χ2n) is 4.68. The first-order valence-electron chi connectivity index (χ1n) is 6.78. The van der Waals surface area contributed by atoms with Crippen molar-refractivity contribution in [2.75, 3.05) is 6.26 Å². The summed E-state index contributed by atoms with van der Waals surface area (Å²) >= 11 is 6.95. The highest BCUT2D eigenvalue weighted by Crippen LogP contribution is 2.29. The van der Waals surface area contributed by atoms with Crippen molar-refractivity contribution in [2.24, 2.45) is 0 Å². The smallest absolute Gasteiger partial charge is 0.123 e. The monoisotopic (exact) mass is 387 g/mol. The van der Waals surface area contributed by atoms with Crippen LogP contribution in [0.1, 0.15) is 16.1 Å². The number of aromatic nitrogens is 1. The van der Waals surface area contributed by atoms with Gasteiger partial charge in [0.2, 0.25) is 0 Å². The first kappa shape index (κ1) is 15.5. The predicted octanol–water partition coefficient (Wildman–Crippen LogP) is 6.22. The Kier molecular flexibility index (Phi) is 5.13. The zero-order valence-corrected chi connectivity index (χ0v) is 15.2. The number of hydrogen-bond acceptors (Lipinski definition) is 3. The molecule has 22 heavy (non-hydrogen) atoms. The summed E-state index contributed by atoms with van der Waals surface area (Å²) in [7, 11) is 0.